The number of ether oxygens (including phenoxy) is 2. The van der Waals surface area contributed by atoms with Gasteiger partial charge in [0.2, 0.25) is 5.91 Å². The number of nitrogens with zero attached hydrogens (tertiary/aromatic N) is 1. The molecule has 0 saturated heterocycles. The number of hydrazone groups is 1. The van der Waals surface area contributed by atoms with Crippen LogP contribution < -0.4 is 14.9 Å². The number of nitrogens with one attached hydrogen (secondary N) is 1. The minimum absolute atomic E-state index is 0.223. The van der Waals surface area contributed by atoms with Crippen LogP contribution >= 0.6 is 0 Å². The van der Waals surface area contributed by atoms with Gasteiger partial charge in [-0.1, -0.05) is 6.92 Å². The monoisotopic (exact) mass is 294 g/mol. The van der Waals surface area contributed by atoms with Gasteiger partial charge in [0.15, 0.2) is 11.5 Å². The van der Waals surface area contributed by atoms with Gasteiger partial charge in [0.1, 0.15) is 0 Å². The molecule has 0 heterocycles. The molecule has 0 aliphatic heterocycles. The molecule has 1 aromatic rings. The highest BCUT2D eigenvalue weighted by molar-refractivity contribution is 5.83. The van der Waals surface area contributed by atoms with Crippen molar-refractivity contribution >= 4 is 12.1 Å². The third-order valence-corrected chi connectivity index (χ3v) is 2.99. The van der Waals surface area contributed by atoms with Crippen molar-refractivity contribution in [2.45, 2.75) is 32.3 Å². The van der Waals surface area contributed by atoms with E-state index in [0.717, 1.165) is 5.56 Å². The Morgan fingerprint density at radius 3 is 2.71 bits per heavy atom. The van der Waals surface area contributed by atoms with Gasteiger partial charge >= 0.3 is 0 Å². The molecular formula is C15H22N2O4. The topological polar surface area (TPSA) is 80.2 Å². The molecule has 0 aliphatic carbocycles. The first-order chi connectivity index (χ1) is 10.1. The number of amides is 1. The summed E-state index contributed by atoms with van der Waals surface area (Å²) in [5.74, 6) is 1.00. The summed E-state index contributed by atoms with van der Waals surface area (Å²) in [6, 6.07) is 5.33. The zero-order valence-electron chi connectivity index (χ0n) is 12.6. The summed E-state index contributed by atoms with van der Waals surface area (Å²) in [6.07, 6.45) is 2.41. The van der Waals surface area contributed by atoms with Gasteiger partial charge in [0.25, 0.3) is 0 Å². The number of rotatable bonds is 8. The average molecular weight is 294 g/mol. The number of hydrogen-bond acceptors (Lipinski definition) is 5. The molecular weight excluding hydrogens is 272 g/mol. The van der Waals surface area contributed by atoms with E-state index in [4.69, 9.17) is 9.47 Å². The van der Waals surface area contributed by atoms with Crippen molar-refractivity contribution in [2.75, 3.05) is 14.2 Å². The molecule has 0 spiro atoms. The van der Waals surface area contributed by atoms with Crippen molar-refractivity contribution in [1.29, 1.82) is 0 Å². The first-order valence-corrected chi connectivity index (χ1v) is 6.82. The van der Waals surface area contributed by atoms with Crippen LogP contribution in [0, 0.1) is 0 Å². The van der Waals surface area contributed by atoms with Gasteiger partial charge in [0, 0.05) is 6.42 Å². The summed E-state index contributed by atoms with van der Waals surface area (Å²) >= 11 is 0. The predicted molar refractivity (Wildman–Crippen MR) is 80.8 cm³/mol. The van der Waals surface area contributed by atoms with E-state index in [2.05, 4.69) is 10.5 Å². The van der Waals surface area contributed by atoms with Crippen molar-refractivity contribution in [3.63, 3.8) is 0 Å². The van der Waals surface area contributed by atoms with E-state index >= 15 is 0 Å². The van der Waals surface area contributed by atoms with Crippen molar-refractivity contribution in [2.24, 2.45) is 5.10 Å². The Balaban J connectivity index is 2.51. The molecule has 1 unspecified atom stereocenters. The fraction of sp³-hybridized carbons (Fsp3) is 0.467. The fourth-order valence-electron chi connectivity index (χ4n) is 1.67. The lowest BCUT2D eigenvalue weighted by atomic mass is 10.1. The smallest absolute Gasteiger partial charge is 0.240 e. The van der Waals surface area contributed by atoms with Crippen molar-refractivity contribution < 1.29 is 19.4 Å². The molecule has 0 aromatic heterocycles. The van der Waals surface area contributed by atoms with E-state index < -0.39 is 6.10 Å². The second-order valence-corrected chi connectivity index (χ2v) is 4.51. The van der Waals surface area contributed by atoms with Crippen molar-refractivity contribution in [3.05, 3.63) is 23.8 Å². The molecule has 1 atom stereocenters. The Hall–Kier alpha value is -2.08. The summed E-state index contributed by atoms with van der Waals surface area (Å²) in [5, 5.41) is 13.2. The molecule has 116 valence electrons. The van der Waals surface area contributed by atoms with E-state index in [-0.39, 0.29) is 12.3 Å². The maximum Gasteiger partial charge on any atom is 0.240 e. The quantitative estimate of drug-likeness (QED) is 0.565. The summed E-state index contributed by atoms with van der Waals surface area (Å²) < 4.78 is 10.3. The zero-order valence-corrected chi connectivity index (χ0v) is 12.6. The molecule has 2 N–H and O–H groups in total. The summed E-state index contributed by atoms with van der Waals surface area (Å²) in [7, 11) is 3.12. The third kappa shape index (κ3) is 5.83. The number of carbonyl (C=O) groups excluding carboxylic acids is 1. The van der Waals surface area contributed by atoms with Crippen LogP contribution in [0.25, 0.3) is 0 Å². The number of methoxy groups -OCH3 is 2. The number of carbonyl (C=O) groups is 1. The maximum atomic E-state index is 11.5. The Labute approximate surface area is 124 Å². The van der Waals surface area contributed by atoms with E-state index in [1.807, 2.05) is 6.92 Å². The molecule has 21 heavy (non-hydrogen) atoms. The lowest BCUT2D eigenvalue weighted by Crippen LogP contribution is -2.19. The normalized spacial score (nSPS) is 12.2. The first-order valence-electron chi connectivity index (χ1n) is 6.82. The van der Waals surface area contributed by atoms with E-state index in [1.165, 1.54) is 6.21 Å². The van der Waals surface area contributed by atoms with E-state index in [9.17, 15) is 9.90 Å². The van der Waals surface area contributed by atoms with Crippen LogP contribution in [0.1, 0.15) is 31.7 Å². The molecule has 1 aromatic carbocycles. The highest BCUT2D eigenvalue weighted by atomic mass is 16.5. The SMILES string of the molecule is CCC(O)CCC(=O)NN=Cc1ccc(OC)c(OC)c1. The maximum absolute atomic E-state index is 11.5. The van der Waals surface area contributed by atoms with Gasteiger partial charge in [-0.25, -0.2) is 5.43 Å². The number of aliphatic hydroxyl groups excluding tert-OH is 1. The fourth-order valence-corrected chi connectivity index (χ4v) is 1.67. The van der Waals surface area contributed by atoms with Gasteiger partial charge in [-0.15, -0.1) is 0 Å². The number of benzene rings is 1. The molecule has 6 nitrogen and oxygen atoms in total. The summed E-state index contributed by atoms with van der Waals surface area (Å²) in [4.78, 5) is 11.5. The average Bonchev–Trinajstić information content (AvgIpc) is 2.52. The van der Waals surface area contributed by atoms with Crippen LogP contribution in [-0.2, 0) is 4.79 Å². The zero-order chi connectivity index (χ0) is 15.7. The molecule has 1 amide bonds. The Kier molecular flexibility index (Phi) is 7.25. The molecule has 0 aliphatic rings. The third-order valence-electron chi connectivity index (χ3n) is 2.99. The second-order valence-electron chi connectivity index (χ2n) is 4.51. The largest absolute Gasteiger partial charge is 0.493 e. The van der Waals surface area contributed by atoms with Crippen LogP contribution in [0.5, 0.6) is 11.5 Å². The van der Waals surface area contributed by atoms with Gasteiger partial charge in [-0.05, 0) is 36.6 Å². The Morgan fingerprint density at radius 2 is 2.10 bits per heavy atom. The highest BCUT2D eigenvalue weighted by Crippen LogP contribution is 2.26. The number of aliphatic hydroxyl groups is 1. The van der Waals surface area contributed by atoms with Crippen LogP contribution in [-0.4, -0.2) is 37.6 Å². The van der Waals surface area contributed by atoms with Crippen LogP contribution in [0.15, 0.2) is 23.3 Å². The molecule has 0 radical (unpaired) electrons. The van der Waals surface area contributed by atoms with Gasteiger partial charge in [-0.2, -0.15) is 5.10 Å². The first kappa shape index (κ1) is 17.0. The van der Waals surface area contributed by atoms with E-state index in [0.29, 0.717) is 24.3 Å². The number of hydrogen-bond donors (Lipinski definition) is 2. The lowest BCUT2D eigenvalue weighted by Gasteiger charge is -2.07. The van der Waals surface area contributed by atoms with E-state index in [1.54, 1.807) is 32.4 Å². The van der Waals surface area contributed by atoms with Crippen LogP contribution in [0.3, 0.4) is 0 Å². The second kappa shape index (κ2) is 8.97. The summed E-state index contributed by atoms with van der Waals surface area (Å²) in [6.45, 7) is 1.87. The lowest BCUT2D eigenvalue weighted by molar-refractivity contribution is -0.121. The van der Waals surface area contributed by atoms with Crippen LogP contribution in [0.2, 0.25) is 0 Å². The predicted octanol–water partition coefficient (Wildman–Crippen LogP) is 1.71. The minimum Gasteiger partial charge on any atom is -0.493 e. The minimum atomic E-state index is -0.439. The van der Waals surface area contributed by atoms with Crippen molar-refractivity contribution in [3.8, 4) is 11.5 Å². The van der Waals surface area contributed by atoms with Gasteiger partial charge in [-0.3, -0.25) is 4.79 Å². The van der Waals surface area contributed by atoms with Crippen molar-refractivity contribution in [1.82, 2.24) is 5.43 Å². The molecule has 0 saturated carbocycles. The molecule has 0 fully saturated rings. The van der Waals surface area contributed by atoms with Gasteiger partial charge in [0.05, 0.1) is 26.5 Å². The Morgan fingerprint density at radius 1 is 1.38 bits per heavy atom. The Bertz CT molecular complexity index is 489. The standard InChI is InChI=1S/C15H22N2O4/c1-4-12(18)6-8-15(19)17-16-10-11-5-7-13(20-2)14(9-11)21-3/h5,7,9-10,12,18H,4,6,8H2,1-3H3,(H,17,19). The highest BCUT2D eigenvalue weighted by Gasteiger charge is 2.06. The molecule has 6 heteroatoms. The van der Waals surface area contributed by atoms with Gasteiger partial charge < -0.3 is 14.6 Å². The summed E-state index contributed by atoms with van der Waals surface area (Å²) in [5.41, 5.74) is 3.20. The molecule has 0 bridgehead atoms. The molecule has 1 rings (SSSR count). The van der Waals surface area contributed by atoms with Crippen LogP contribution in [0.4, 0.5) is 0 Å².